The number of benzene rings is 1. The van der Waals surface area contributed by atoms with E-state index in [9.17, 15) is 4.79 Å². The van der Waals surface area contributed by atoms with Crippen molar-refractivity contribution in [3.63, 3.8) is 0 Å². The van der Waals surface area contributed by atoms with Crippen molar-refractivity contribution in [2.45, 2.75) is 64.2 Å². The zero-order chi connectivity index (χ0) is 19.5. The highest BCUT2D eigenvalue weighted by Crippen LogP contribution is 2.37. The zero-order valence-electron chi connectivity index (χ0n) is 16.6. The third kappa shape index (κ3) is 4.02. The van der Waals surface area contributed by atoms with Gasteiger partial charge in [-0.2, -0.15) is 4.98 Å². The monoisotopic (exact) mass is 380 g/mol. The van der Waals surface area contributed by atoms with Gasteiger partial charge in [0.15, 0.2) is 0 Å². The van der Waals surface area contributed by atoms with Gasteiger partial charge in [0, 0.05) is 30.9 Å². The number of amides is 1. The van der Waals surface area contributed by atoms with Crippen molar-refractivity contribution in [2.24, 2.45) is 0 Å². The van der Waals surface area contributed by atoms with Crippen LogP contribution >= 0.6 is 0 Å². The number of fused-ring (bicyclic) bond motifs is 2. The molecule has 0 spiro atoms. The molecule has 3 heterocycles. The molecule has 1 amide bonds. The van der Waals surface area contributed by atoms with Gasteiger partial charge in [0.2, 0.25) is 5.88 Å². The number of rotatable bonds is 6. The maximum atomic E-state index is 12.8. The second-order valence-corrected chi connectivity index (χ2v) is 7.75. The molecule has 2 saturated heterocycles. The van der Waals surface area contributed by atoms with Gasteiger partial charge in [-0.15, -0.1) is 0 Å². The van der Waals surface area contributed by atoms with E-state index in [1.165, 1.54) is 18.4 Å². The molecule has 2 fully saturated rings. The van der Waals surface area contributed by atoms with E-state index in [-0.39, 0.29) is 11.9 Å². The Bertz CT molecular complexity index is 813. The number of hydrogen-bond donors (Lipinski definition) is 1. The van der Waals surface area contributed by atoms with E-state index < -0.39 is 0 Å². The van der Waals surface area contributed by atoms with Crippen molar-refractivity contribution < 1.29 is 9.53 Å². The lowest BCUT2D eigenvalue weighted by molar-refractivity contribution is 0.0823. The molecular formula is C22H28N4O2. The maximum absolute atomic E-state index is 12.8. The van der Waals surface area contributed by atoms with Gasteiger partial charge in [0.25, 0.3) is 5.91 Å². The molecule has 1 aromatic heterocycles. The van der Waals surface area contributed by atoms with E-state index in [4.69, 9.17) is 4.74 Å². The standard InChI is InChI=1S/C22H28N4O2/c1-3-28-22-20(13-23-15(2)24-22)21(27)25-17-11-18-9-10-19(12-17)26(18)14-16-7-5-4-6-8-16/h4-8,13,17-19H,3,9-12,14H2,1-2H3,(H,25,27). The molecule has 148 valence electrons. The van der Waals surface area contributed by atoms with Gasteiger partial charge in [-0.1, -0.05) is 30.3 Å². The number of aryl methyl sites for hydroxylation is 1. The highest BCUT2D eigenvalue weighted by atomic mass is 16.5. The SMILES string of the molecule is CCOc1nc(C)ncc1C(=O)NC1CC2CCC(C1)N2Cc1ccccc1. The van der Waals surface area contributed by atoms with Gasteiger partial charge >= 0.3 is 0 Å². The molecule has 6 heteroatoms. The minimum absolute atomic E-state index is 0.135. The number of carbonyl (C=O) groups excluding carboxylic acids is 1. The third-order valence-electron chi connectivity index (χ3n) is 5.83. The van der Waals surface area contributed by atoms with Crippen molar-refractivity contribution in [1.29, 1.82) is 0 Å². The Balaban J connectivity index is 1.41. The van der Waals surface area contributed by atoms with Gasteiger partial charge in [0.05, 0.1) is 6.61 Å². The predicted octanol–water partition coefficient (Wildman–Crippen LogP) is 3.11. The second kappa shape index (κ2) is 8.27. The van der Waals surface area contributed by atoms with E-state index in [1.807, 2.05) is 6.92 Å². The van der Waals surface area contributed by atoms with E-state index >= 15 is 0 Å². The van der Waals surface area contributed by atoms with Crippen LogP contribution in [0.15, 0.2) is 36.5 Å². The number of nitrogens with one attached hydrogen (secondary N) is 1. The van der Waals surface area contributed by atoms with E-state index in [1.54, 1.807) is 13.1 Å². The van der Waals surface area contributed by atoms with Crippen molar-refractivity contribution >= 4 is 5.91 Å². The number of aromatic nitrogens is 2. The Morgan fingerprint density at radius 3 is 2.61 bits per heavy atom. The van der Waals surface area contributed by atoms with Crippen LogP contribution < -0.4 is 10.1 Å². The molecule has 1 N–H and O–H groups in total. The van der Waals surface area contributed by atoms with Crippen LogP contribution in [-0.4, -0.2) is 45.5 Å². The lowest BCUT2D eigenvalue weighted by atomic mass is 9.96. The molecule has 2 aromatic rings. The smallest absolute Gasteiger partial charge is 0.258 e. The van der Waals surface area contributed by atoms with Crippen LogP contribution in [0.4, 0.5) is 0 Å². The van der Waals surface area contributed by atoms with Crippen molar-refractivity contribution in [2.75, 3.05) is 6.61 Å². The lowest BCUT2D eigenvalue weighted by Crippen LogP contribution is -2.50. The molecule has 2 unspecified atom stereocenters. The number of carbonyl (C=O) groups is 1. The average molecular weight is 380 g/mol. The molecule has 28 heavy (non-hydrogen) atoms. The molecule has 4 rings (SSSR count). The minimum Gasteiger partial charge on any atom is -0.477 e. The topological polar surface area (TPSA) is 67.3 Å². The Labute approximate surface area is 166 Å². The summed E-state index contributed by atoms with van der Waals surface area (Å²) in [7, 11) is 0. The van der Waals surface area contributed by atoms with Gasteiger partial charge in [-0.25, -0.2) is 4.98 Å². The van der Waals surface area contributed by atoms with Crippen LogP contribution in [0.1, 0.15) is 54.4 Å². The molecule has 6 nitrogen and oxygen atoms in total. The zero-order valence-corrected chi connectivity index (χ0v) is 16.6. The summed E-state index contributed by atoms with van der Waals surface area (Å²) in [5.74, 6) is 0.841. The molecule has 0 saturated carbocycles. The number of ether oxygens (including phenoxy) is 1. The first-order chi connectivity index (χ1) is 13.6. The van der Waals surface area contributed by atoms with Gasteiger partial charge in [-0.3, -0.25) is 9.69 Å². The van der Waals surface area contributed by atoms with Crippen LogP contribution in [0.3, 0.4) is 0 Å². The largest absolute Gasteiger partial charge is 0.477 e. The molecule has 2 bridgehead atoms. The average Bonchev–Trinajstić information content (AvgIpc) is 2.91. The highest BCUT2D eigenvalue weighted by Gasteiger charge is 2.41. The van der Waals surface area contributed by atoms with Crippen LogP contribution in [0.2, 0.25) is 0 Å². The first-order valence-electron chi connectivity index (χ1n) is 10.2. The van der Waals surface area contributed by atoms with Crippen LogP contribution in [0.5, 0.6) is 5.88 Å². The van der Waals surface area contributed by atoms with E-state index in [0.717, 1.165) is 19.4 Å². The van der Waals surface area contributed by atoms with E-state index in [0.29, 0.717) is 36.0 Å². The van der Waals surface area contributed by atoms with Gasteiger partial charge in [0.1, 0.15) is 11.4 Å². The Morgan fingerprint density at radius 2 is 1.93 bits per heavy atom. The van der Waals surface area contributed by atoms with Crippen LogP contribution in [0, 0.1) is 6.92 Å². The van der Waals surface area contributed by atoms with Gasteiger partial charge < -0.3 is 10.1 Å². The first kappa shape index (κ1) is 18.9. The molecule has 2 aliphatic heterocycles. The predicted molar refractivity (Wildman–Crippen MR) is 107 cm³/mol. The maximum Gasteiger partial charge on any atom is 0.258 e. The number of piperidine rings is 1. The summed E-state index contributed by atoms with van der Waals surface area (Å²) in [5.41, 5.74) is 1.78. The van der Waals surface area contributed by atoms with Crippen molar-refractivity contribution in [3.05, 3.63) is 53.5 Å². The molecule has 2 atom stereocenters. The summed E-state index contributed by atoms with van der Waals surface area (Å²) < 4.78 is 5.55. The Morgan fingerprint density at radius 1 is 1.21 bits per heavy atom. The van der Waals surface area contributed by atoms with E-state index in [2.05, 4.69) is 50.5 Å². The molecule has 2 aliphatic rings. The van der Waals surface area contributed by atoms with Crippen LogP contribution in [-0.2, 0) is 6.54 Å². The highest BCUT2D eigenvalue weighted by molar-refractivity contribution is 5.96. The lowest BCUT2D eigenvalue weighted by Gasteiger charge is -2.39. The first-order valence-corrected chi connectivity index (χ1v) is 10.2. The molecule has 0 aliphatic carbocycles. The molecule has 0 radical (unpaired) electrons. The fourth-order valence-corrected chi connectivity index (χ4v) is 4.56. The normalized spacial score (nSPS) is 24.1. The Hall–Kier alpha value is -2.47. The quantitative estimate of drug-likeness (QED) is 0.834. The third-order valence-corrected chi connectivity index (χ3v) is 5.83. The molecule has 1 aromatic carbocycles. The second-order valence-electron chi connectivity index (χ2n) is 7.75. The van der Waals surface area contributed by atoms with Crippen molar-refractivity contribution in [3.8, 4) is 5.88 Å². The summed E-state index contributed by atoms with van der Waals surface area (Å²) in [6.07, 6.45) is 5.97. The van der Waals surface area contributed by atoms with Crippen molar-refractivity contribution in [1.82, 2.24) is 20.2 Å². The number of nitrogens with zero attached hydrogens (tertiary/aromatic N) is 3. The summed E-state index contributed by atoms with van der Waals surface area (Å²) in [6.45, 7) is 5.15. The Kier molecular flexibility index (Phi) is 5.57. The summed E-state index contributed by atoms with van der Waals surface area (Å²) in [5, 5.41) is 3.21. The fraction of sp³-hybridized carbons (Fsp3) is 0.500. The number of hydrogen-bond acceptors (Lipinski definition) is 5. The summed E-state index contributed by atoms with van der Waals surface area (Å²) in [6, 6.07) is 11.9. The fourth-order valence-electron chi connectivity index (χ4n) is 4.56. The minimum atomic E-state index is -0.135. The van der Waals surface area contributed by atoms with Gasteiger partial charge in [-0.05, 0) is 45.1 Å². The summed E-state index contributed by atoms with van der Waals surface area (Å²) >= 11 is 0. The summed E-state index contributed by atoms with van der Waals surface area (Å²) in [4.78, 5) is 23.9. The molecular weight excluding hydrogens is 352 g/mol. The van der Waals surface area contributed by atoms with Crippen LogP contribution in [0.25, 0.3) is 0 Å².